The predicted octanol–water partition coefficient (Wildman–Crippen LogP) is 4.86. The van der Waals surface area contributed by atoms with Gasteiger partial charge in [-0.2, -0.15) is 9.78 Å². The van der Waals surface area contributed by atoms with Crippen LogP contribution in [0.1, 0.15) is 21.5 Å². The summed E-state index contributed by atoms with van der Waals surface area (Å²) < 4.78 is 31.2. The first kappa shape index (κ1) is 25.5. The molecule has 10 heteroatoms. The van der Waals surface area contributed by atoms with E-state index in [-0.39, 0.29) is 17.8 Å². The SMILES string of the molecule is COc1cc2nccc(Oc3ccc(CC(=O)c4ccnn(-c5ccc(F)cc5C)c4=O)cc3)c2nc1OC. The van der Waals surface area contributed by atoms with E-state index in [1.165, 1.54) is 44.7 Å². The summed E-state index contributed by atoms with van der Waals surface area (Å²) in [6.07, 6.45) is 2.98. The highest BCUT2D eigenvalue weighted by molar-refractivity contribution is 5.97. The maximum absolute atomic E-state index is 13.5. The molecule has 9 nitrogen and oxygen atoms in total. The molecule has 0 saturated carbocycles. The van der Waals surface area contributed by atoms with Gasteiger partial charge in [-0.15, -0.1) is 0 Å². The smallest absolute Gasteiger partial charge is 0.282 e. The highest BCUT2D eigenvalue weighted by Crippen LogP contribution is 2.34. The zero-order valence-corrected chi connectivity index (χ0v) is 21.3. The lowest BCUT2D eigenvalue weighted by atomic mass is 10.0. The summed E-state index contributed by atoms with van der Waals surface area (Å²) >= 11 is 0. The summed E-state index contributed by atoms with van der Waals surface area (Å²) in [5, 5.41) is 4.07. The highest BCUT2D eigenvalue weighted by atomic mass is 19.1. The Morgan fingerprint density at radius 2 is 1.74 bits per heavy atom. The lowest BCUT2D eigenvalue weighted by molar-refractivity contribution is 0.0991. The first-order valence-corrected chi connectivity index (χ1v) is 11.9. The van der Waals surface area contributed by atoms with E-state index < -0.39 is 11.4 Å². The molecular weight excluding hydrogens is 503 g/mol. The van der Waals surface area contributed by atoms with E-state index in [0.29, 0.717) is 51.0 Å². The van der Waals surface area contributed by atoms with E-state index in [4.69, 9.17) is 14.2 Å². The molecule has 0 spiro atoms. The van der Waals surface area contributed by atoms with Crippen molar-refractivity contribution in [3.8, 4) is 28.8 Å². The van der Waals surface area contributed by atoms with Crippen LogP contribution >= 0.6 is 0 Å². The van der Waals surface area contributed by atoms with Crippen molar-refractivity contribution in [2.75, 3.05) is 14.2 Å². The molecular formula is C29H23FN4O5. The second kappa shape index (κ2) is 10.7. The summed E-state index contributed by atoms with van der Waals surface area (Å²) in [7, 11) is 3.02. The Bertz CT molecular complexity index is 1750. The van der Waals surface area contributed by atoms with Crippen molar-refractivity contribution in [3.05, 3.63) is 106 Å². The summed E-state index contributed by atoms with van der Waals surface area (Å²) in [5.74, 6) is 0.970. The summed E-state index contributed by atoms with van der Waals surface area (Å²) in [6, 6.07) is 15.7. The van der Waals surface area contributed by atoms with E-state index in [2.05, 4.69) is 15.1 Å². The van der Waals surface area contributed by atoms with Gasteiger partial charge in [-0.05, 0) is 54.4 Å². The van der Waals surface area contributed by atoms with E-state index in [9.17, 15) is 14.0 Å². The maximum atomic E-state index is 13.5. The van der Waals surface area contributed by atoms with Crippen molar-refractivity contribution in [1.29, 1.82) is 0 Å². The van der Waals surface area contributed by atoms with Crippen molar-refractivity contribution in [1.82, 2.24) is 19.7 Å². The molecule has 0 aliphatic carbocycles. The largest absolute Gasteiger partial charge is 0.491 e. The molecule has 0 bridgehead atoms. The number of carbonyl (C=O) groups is 1. The van der Waals surface area contributed by atoms with Gasteiger partial charge in [-0.3, -0.25) is 14.6 Å². The van der Waals surface area contributed by atoms with Crippen molar-refractivity contribution >= 4 is 16.8 Å². The van der Waals surface area contributed by atoms with Gasteiger partial charge < -0.3 is 14.2 Å². The molecule has 39 heavy (non-hydrogen) atoms. The fourth-order valence-electron chi connectivity index (χ4n) is 4.12. The Labute approximate surface area is 222 Å². The number of nitrogens with zero attached hydrogens (tertiary/aromatic N) is 4. The van der Waals surface area contributed by atoms with E-state index >= 15 is 0 Å². The summed E-state index contributed by atoms with van der Waals surface area (Å²) in [4.78, 5) is 34.8. The monoisotopic (exact) mass is 526 g/mol. The standard InChI is InChI=1S/C29H23FN4O5/c1-17-14-19(30)6-9-23(17)34-29(36)21(10-13-32-34)24(35)15-18-4-7-20(8-5-18)39-25-11-12-31-22-16-26(37-2)28(38-3)33-27(22)25/h4-14,16H,15H2,1-3H3. The fraction of sp³-hybridized carbons (Fsp3) is 0.138. The number of rotatable bonds is 8. The molecule has 0 saturated heterocycles. The number of hydrogen-bond donors (Lipinski definition) is 0. The molecule has 0 fully saturated rings. The van der Waals surface area contributed by atoms with Crippen LogP contribution in [0.3, 0.4) is 0 Å². The molecule has 2 aromatic carbocycles. The van der Waals surface area contributed by atoms with Crippen LogP contribution in [-0.4, -0.2) is 39.8 Å². The molecule has 0 aliphatic heterocycles. The Morgan fingerprint density at radius 1 is 0.949 bits per heavy atom. The van der Waals surface area contributed by atoms with Crippen LogP contribution in [0.2, 0.25) is 0 Å². The van der Waals surface area contributed by atoms with Gasteiger partial charge >= 0.3 is 0 Å². The highest BCUT2D eigenvalue weighted by Gasteiger charge is 2.17. The number of pyridine rings is 2. The van der Waals surface area contributed by atoms with Crippen molar-refractivity contribution in [3.63, 3.8) is 0 Å². The minimum Gasteiger partial charge on any atom is -0.491 e. The van der Waals surface area contributed by atoms with Gasteiger partial charge in [0.25, 0.3) is 11.4 Å². The molecule has 0 amide bonds. The van der Waals surface area contributed by atoms with Crippen LogP contribution in [0.5, 0.6) is 23.1 Å². The Morgan fingerprint density at radius 3 is 2.46 bits per heavy atom. The molecule has 3 aromatic heterocycles. The van der Waals surface area contributed by atoms with Crippen molar-refractivity contribution in [2.45, 2.75) is 13.3 Å². The summed E-state index contributed by atoms with van der Waals surface area (Å²) in [5.41, 5.74) is 2.13. The minimum absolute atomic E-state index is 0.00132. The Kier molecular flexibility index (Phi) is 7.00. The Balaban J connectivity index is 1.35. The minimum atomic E-state index is -0.568. The third-order valence-electron chi connectivity index (χ3n) is 6.07. The summed E-state index contributed by atoms with van der Waals surface area (Å²) in [6.45, 7) is 1.67. The first-order chi connectivity index (χ1) is 18.9. The second-order valence-electron chi connectivity index (χ2n) is 8.62. The maximum Gasteiger partial charge on any atom is 0.282 e. The van der Waals surface area contributed by atoms with Crippen LogP contribution in [0.4, 0.5) is 4.39 Å². The molecule has 0 unspecified atom stereocenters. The van der Waals surface area contributed by atoms with Gasteiger partial charge in [0.2, 0.25) is 0 Å². The molecule has 0 aliphatic rings. The molecule has 196 valence electrons. The number of ether oxygens (including phenoxy) is 3. The molecule has 0 radical (unpaired) electrons. The number of benzene rings is 2. The van der Waals surface area contributed by atoms with Gasteiger partial charge in [0.15, 0.2) is 17.3 Å². The van der Waals surface area contributed by atoms with Crippen molar-refractivity contribution in [2.24, 2.45) is 0 Å². The van der Waals surface area contributed by atoms with Gasteiger partial charge in [0.1, 0.15) is 17.1 Å². The number of carbonyl (C=O) groups excluding carboxylic acids is 1. The molecule has 5 rings (SSSR count). The normalized spacial score (nSPS) is 10.9. The number of fused-ring (bicyclic) bond motifs is 1. The number of methoxy groups -OCH3 is 2. The number of hydrogen-bond acceptors (Lipinski definition) is 8. The van der Waals surface area contributed by atoms with Gasteiger partial charge in [0, 0.05) is 30.9 Å². The van der Waals surface area contributed by atoms with E-state index in [0.717, 1.165) is 4.68 Å². The van der Waals surface area contributed by atoms with Crippen LogP contribution in [0.25, 0.3) is 16.7 Å². The molecule has 0 atom stereocenters. The molecule has 3 heterocycles. The van der Waals surface area contributed by atoms with Gasteiger partial charge in [-0.25, -0.2) is 9.37 Å². The van der Waals surface area contributed by atoms with E-state index in [1.54, 1.807) is 49.5 Å². The topological polar surface area (TPSA) is 105 Å². The van der Waals surface area contributed by atoms with Gasteiger partial charge in [0.05, 0.1) is 31.0 Å². The molecule has 5 aromatic rings. The van der Waals surface area contributed by atoms with Crippen molar-refractivity contribution < 1.29 is 23.4 Å². The average molecular weight is 527 g/mol. The van der Waals surface area contributed by atoms with Crippen LogP contribution < -0.4 is 19.8 Å². The first-order valence-electron chi connectivity index (χ1n) is 11.9. The number of halogens is 1. The second-order valence-corrected chi connectivity index (χ2v) is 8.62. The van der Waals surface area contributed by atoms with Crippen LogP contribution in [-0.2, 0) is 6.42 Å². The predicted molar refractivity (Wildman–Crippen MR) is 142 cm³/mol. The quantitative estimate of drug-likeness (QED) is 0.264. The number of ketones is 1. The Hall–Kier alpha value is -5.12. The molecule has 0 N–H and O–H groups in total. The van der Waals surface area contributed by atoms with Gasteiger partial charge in [-0.1, -0.05) is 12.1 Å². The number of aromatic nitrogens is 4. The zero-order chi connectivity index (χ0) is 27.5. The van der Waals surface area contributed by atoms with Crippen LogP contribution in [0, 0.1) is 12.7 Å². The van der Waals surface area contributed by atoms with Crippen LogP contribution in [0.15, 0.2) is 77.9 Å². The average Bonchev–Trinajstić information content (AvgIpc) is 2.94. The third kappa shape index (κ3) is 5.17. The van der Waals surface area contributed by atoms with E-state index in [1.807, 2.05) is 0 Å². The number of aryl methyl sites for hydroxylation is 1. The zero-order valence-electron chi connectivity index (χ0n) is 21.3. The lowest BCUT2D eigenvalue weighted by Gasteiger charge is -2.11. The lowest BCUT2D eigenvalue weighted by Crippen LogP contribution is -2.28. The fourth-order valence-corrected chi connectivity index (χ4v) is 4.12. The third-order valence-corrected chi connectivity index (χ3v) is 6.07. The number of Topliss-reactive ketones (excluding diaryl/α,β-unsaturated/α-hetero) is 1.